The highest BCUT2D eigenvalue weighted by Gasteiger charge is 2.34. The average molecular weight is 647 g/mol. The molecule has 4 amide bonds. The highest BCUT2D eigenvalue weighted by molar-refractivity contribution is 5.97. The van der Waals surface area contributed by atoms with E-state index in [0.29, 0.717) is 54.4 Å². The van der Waals surface area contributed by atoms with Gasteiger partial charge < -0.3 is 34.6 Å². The van der Waals surface area contributed by atoms with E-state index < -0.39 is 23.9 Å². The van der Waals surface area contributed by atoms with Gasteiger partial charge in [-0.25, -0.2) is 4.39 Å². The highest BCUT2D eigenvalue weighted by atomic mass is 19.1. The van der Waals surface area contributed by atoms with Crippen molar-refractivity contribution >= 4 is 29.3 Å². The minimum Gasteiger partial charge on any atom is -0.493 e. The summed E-state index contributed by atoms with van der Waals surface area (Å²) in [6.45, 7) is 2.89. The molecule has 12 heteroatoms. The number of methoxy groups -OCH3 is 1. The number of amides is 4. The fraction of sp³-hybridized carbons (Fsp3) is 0.371. The molecule has 2 aliphatic heterocycles. The van der Waals surface area contributed by atoms with E-state index in [2.05, 4.69) is 10.6 Å². The zero-order valence-corrected chi connectivity index (χ0v) is 26.5. The molecule has 11 nitrogen and oxygen atoms in total. The number of ether oxygens (including phenoxy) is 3. The maximum Gasteiger partial charge on any atom is 0.254 e. The summed E-state index contributed by atoms with van der Waals surface area (Å²) in [5.41, 5.74) is 1.49. The fourth-order valence-electron chi connectivity index (χ4n) is 5.69. The Morgan fingerprint density at radius 2 is 1.89 bits per heavy atom. The zero-order valence-electron chi connectivity index (χ0n) is 26.5. The lowest BCUT2D eigenvalue weighted by atomic mass is 10.0. The second-order valence-electron chi connectivity index (χ2n) is 11.6. The van der Waals surface area contributed by atoms with Crippen molar-refractivity contribution in [3.8, 4) is 17.2 Å². The van der Waals surface area contributed by atoms with E-state index in [9.17, 15) is 23.6 Å². The van der Waals surface area contributed by atoms with Gasteiger partial charge in [-0.05, 0) is 66.9 Å². The van der Waals surface area contributed by atoms with E-state index in [0.717, 1.165) is 5.56 Å². The van der Waals surface area contributed by atoms with E-state index in [4.69, 9.17) is 14.2 Å². The van der Waals surface area contributed by atoms with Crippen molar-refractivity contribution in [2.75, 3.05) is 38.6 Å². The number of rotatable bonds is 7. The number of fused-ring (bicyclic) bond motifs is 5. The highest BCUT2D eigenvalue weighted by Crippen LogP contribution is 2.33. The Bertz CT molecular complexity index is 1620. The summed E-state index contributed by atoms with van der Waals surface area (Å²) in [5.74, 6) is -0.423. The van der Waals surface area contributed by atoms with E-state index >= 15 is 0 Å². The van der Waals surface area contributed by atoms with Crippen molar-refractivity contribution < 1.29 is 37.8 Å². The number of nitrogens with zero attached hydrogens (tertiary/aromatic N) is 2. The summed E-state index contributed by atoms with van der Waals surface area (Å²) < 4.78 is 31.4. The fourth-order valence-corrected chi connectivity index (χ4v) is 5.69. The third-order valence-corrected chi connectivity index (χ3v) is 8.05. The predicted octanol–water partition coefficient (Wildman–Crippen LogP) is 4.51. The molecular weight excluding hydrogens is 607 g/mol. The summed E-state index contributed by atoms with van der Waals surface area (Å²) >= 11 is 0. The molecule has 1 saturated heterocycles. The Morgan fingerprint density at radius 1 is 1.06 bits per heavy atom. The summed E-state index contributed by atoms with van der Waals surface area (Å²) in [6, 6.07) is 17.4. The van der Waals surface area contributed by atoms with Crippen molar-refractivity contribution in [1.29, 1.82) is 0 Å². The molecule has 1 fully saturated rings. The Morgan fingerprint density at radius 3 is 2.68 bits per heavy atom. The summed E-state index contributed by atoms with van der Waals surface area (Å²) in [7, 11) is 1.52. The Hall–Kier alpha value is -4.97. The number of anilines is 1. The van der Waals surface area contributed by atoms with Crippen molar-refractivity contribution in [3.63, 3.8) is 0 Å². The maximum absolute atomic E-state index is 13.6. The molecule has 0 aliphatic carbocycles. The van der Waals surface area contributed by atoms with Crippen LogP contribution in [0.4, 0.5) is 10.1 Å². The third-order valence-electron chi connectivity index (χ3n) is 8.05. The number of benzene rings is 3. The van der Waals surface area contributed by atoms with Gasteiger partial charge in [0.15, 0.2) is 11.5 Å². The number of halogens is 1. The van der Waals surface area contributed by atoms with Crippen molar-refractivity contribution in [3.05, 3.63) is 83.7 Å². The number of carbonyl (C=O) groups is 4. The largest absolute Gasteiger partial charge is 0.493 e. The quantitative estimate of drug-likeness (QED) is 0.387. The van der Waals surface area contributed by atoms with Gasteiger partial charge in [-0.1, -0.05) is 25.1 Å². The van der Waals surface area contributed by atoms with E-state index in [1.807, 2.05) is 25.1 Å². The Kier molecular flexibility index (Phi) is 11.0. The first-order valence-electron chi connectivity index (χ1n) is 15.7. The number of hydrogen-bond donors (Lipinski definition) is 2. The molecule has 0 aromatic heterocycles. The smallest absolute Gasteiger partial charge is 0.254 e. The molecule has 0 radical (unpaired) electrons. The number of piperidine rings is 1. The lowest BCUT2D eigenvalue weighted by molar-refractivity contribution is -0.138. The summed E-state index contributed by atoms with van der Waals surface area (Å²) in [5, 5.41) is 5.66. The standard InChI is InChI=1S/C35H39FN4O7/c1-3-15-40-21-33(42)38-28-14-16-39(34(43)13-12-32(41)37-26-8-5-7-25(36)19-26)20-31(28)46-22-23-6-4-9-27(17-23)47-30-18-24(35(40)44)10-11-29(30)45-2/h4-11,17-19,28,31H,3,12-16,20-22H2,1-2H3,(H,37,41)(H,38,42)/t28-,31-/m0/s1. The first kappa shape index (κ1) is 33.4. The van der Waals surface area contributed by atoms with Crippen LogP contribution in [-0.2, 0) is 25.7 Å². The van der Waals surface area contributed by atoms with Crippen LogP contribution in [0.15, 0.2) is 66.7 Å². The number of nitrogens with one attached hydrogen (secondary N) is 2. The molecular formula is C35H39FN4O7. The minimum absolute atomic E-state index is 0.0397. The predicted molar refractivity (Wildman–Crippen MR) is 172 cm³/mol. The van der Waals surface area contributed by atoms with Crippen molar-refractivity contribution in [2.24, 2.45) is 0 Å². The second kappa shape index (κ2) is 15.5. The van der Waals surface area contributed by atoms with Gasteiger partial charge >= 0.3 is 0 Å². The molecule has 2 atom stereocenters. The van der Waals surface area contributed by atoms with Crippen LogP contribution in [0.2, 0.25) is 0 Å². The molecule has 4 bridgehead atoms. The van der Waals surface area contributed by atoms with Gasteiger partial charge in [-0.2, -0.15) is 0 Å². The molecule has 2 heterocycles. The van der Waals surface area contributed by atoms with Crippen LogP contribution < -0.4 is 20.1 Å². The summed E-state index contributed by atoms with van der Waals surface area (Å²) in [6.07, 6.45) is 0.404. The van der Waals surface area contributed by atoms with Gasteiger partial charge in [0.05, 0.1) is 32.4 Å². The second-order valence-corrected chi connectivity index (χ2v) is 11.6. The van der Waals surface area contributed by atoms with Gasteiger partial charge in [0.25, 0.3) is 5.91 Å². The normalized spacial score (nSPS) is 18.4. The molecule has 3 aromatic rings. The van der Waals surface area contributed by atoms with Crippen LogP contribution in [0.5, 0.6) is 17.2 Å². The van der Waals surface area contributed by atoms with Crippen molar-refractivity contribution in [2.45, 2.75) is 51.4 Å². The first-order chi connectivity index (χ1) is 22.7. The number of carbonyl (C=O) groups excluding carboxylic acids is 4. The lowest BCUT2D eigenvalue weighted by Gasteiger charge is -2.39. The van der Waals surface area contributed by atoms with Crippen LogP contribution in [-0.4, -0.2) is 78.9 Å². The van der Waals surface area contributed by atoms with Crippen LogP contribution >= 0.6 is 0 Å². The molecule has 2 aliphatic rings. The molecule has 2 N–H and O–H groups in total. The lowest BCUT2D eigenvalue weighted by Crippen LogP contribution is -2.57. The molecule has 5 rings (SSSR count). The Balaban J connectivity index is 1.32. The minimum atomic E-state index is -0.557. The van der Waals surface area contributed by atoms with Crippen LogP contribution in [0.1, 0.15) is 48.5 Å². The Labute approximate surface area is 273 Å². The van der Waals surface area contributed by atoms with Gasteiger partial charge in [0, 0.05) is 43.7 Å². The van der Waals surface area contributed by atoms with E-state index in [-0.39, 0.29) is 50.3 Å². The maximum atomic E-state index is 13.6. The SMILES string of the molecule is CCCN1CC(=O)N[C@H]2CCN(C(=O)CCC(=O)Nc3cccc(F)c3)C[C@@H]2OCc2cccc(c2)Oc2cc(ccc2OC)C1=O. The van der Waals surface area contributed by atoms with Crippen LogP contribution in [0, 0.1) is 5.82 Å². The third kappa shape index (κ3) is 8.85. The van der Waals surface area contributed by atoms with Gasteiger partial charge in [-0.15, -0.1) is 0 Å². The van der Waals surface area contributed by atoms with Gasteiger partial charge in [0.1, 0.15) is 11.6 Å². The van der Waals surface area contributed by atoms with Crippen molar-refractivity contribution in [1.82, 2.24) is 15.1 Å². The van der Waals surface area contributed by atoms with Crippen LogP contribution in [0.3, 0.4) is 0 Å². The van der Waals surface area contributed by atoms with E-state index in [1.54, 1.807) is 35.2 Å². The van der Waals surface area contributed by atoms with Gasteiger partial charge in [-0.3, -0.25) is 19.2 Å². The van der Waals surface area contributed by atoms with Crippen LogP contribution in [0.25, 0.3) is 0 Å². The molecule has 0 spiro atoms. The molecule has 3 aromatic carbocycles. The first-order valence-corrected chi connectivity index (χ1v) is 15.7. The molecule has 0 unspecified atom stereocenters. The number of likely N-dealkylation sites (tertiary alicyclic amines) is 1. The summed E-state index contributed by atoms with van der Waals surface area (Å²) in [4.78, 5) is 55.7. The monoisotopic (exact) mass is 646 g/mol. The molecule has 0 saturated carbocycles. The zero-order chi connectivity index (χ0) is 33.3. The van der Waals surface area contributed by atoms with E-state index in [1.165, 1.54) is 30.2 Å². The average Bonchev–Trinajstić information content (AvgIpc) is 3.06. The number of hydrogen-bond acceptors (Lipinski definition) is 7. The topological polar surface area (TPSA) is 127 Å². The molecule has 47 heavy (non-hydrogen) atoms. The van der Waals surface area contributed by atoms with Gasteiger partial charge in [0.2, 0.25) is 17.7 Å². The molecule has 248 valence electrons.